The van der Waals surface area contributed by atoms with E-state index in [1.54, 1.807) is 12.3 Å². The van der Waals surface area contributed by atoms with Crippen molar-refractivity contribution in [2.24, 2.45) is 7.05 Å². The second kappa shape index (κ2) is 7.94. The first kappa shape index (κ1) is 20.1. The average molecular weight is 422 g/mol. The van der Waals surface area contributed by atoms with Gasteiger partial charge in [-0.3, -0.25) is 9.48 Å². The number of nitrogens with one attached hydrogen (secondary N) is 3. The van der Waals surface area contributed by atoms with E-state index in [0.717, 1.165) is 43.2 Å². The SMILES string of the molecule is Cn1cc(NC(=O)c2cnn3ccc(N[C@@H]4CCCCNC4)nc23)c(C(F)(F)F)n1. The molecule has 3 aromatic heterocycles. The highest BCUT2D eigenvalue weighted by molar-refractivity contribution is 6.08. The van der Waals surface area contributed by atoms with Gasteiger partial charge in [0, 0.05) is 32.0 Å². The maximum absolute atomic E-state index is 13.1. The van der Waals surface area contributed by atoms with Crippen LogP contribution in [0.1, 0.15) is 35.3 Å². The standard InChI is InChI=1S/C18H21F3N8O/c1-28-10-13(15(27-28)18(19,20)21)25-17(30)12-9-23-29-7-5-14(26-16(12)29)24-11-4-2-3-6-22-8-11/h5,7,9-11,22H,2-4,6,8H2,1H3,(H,24,26)(H,25,30)/t11-/m1/s1. The van der Waals surface area contributed by atoms with E-state index in [1.165, 1.54) is 17.8 Å². The molecule has 3 N–H and O–H groups in total. The van der Waals surface area contributed by atoms with Crippen LogP contribution in [0.25, 0.3) is 5.65 Å². The van der Waals surface area contributed by atoms with Crippen molar-refractivity contribution in [3.8, 4) is 0 Å². The smallest absolute Gasteiger partial charge is 0.366 e. The van der Waals surface area contributed by atoms with Gasteiger partial charge in [0.25, 0.3) is 5.91 Å². The molecule has 160 valence electrons. The third kappa shape index (κ3) is 4.22. The molecule has 0 spiro atoms. The minimum absolute atomic E-state index is 0.0645. The molecule has 1 saturated heterocycles. The molecule has 3 aromatic rings. The van der Waals surface area contributed by atoms with E-state index in [2.05, 4.69) is 31.1 Å². The number of hydrogen-bond donors (Lipinski definition) is 3. The van der Waals surface area contributed by atoms with Crippen molar-refractivity contribution < 1.29 is 18.0 Å². The van der Waals surface area contributed by atoms with E-state index in [0.29, 0.717) is 5.82 Å². The van der Waals surface area contributed by atoms with Crippen LogP contribution >= 0.6 is 0 Å². The number of halogens is 3. The number of nitrogens with zero attached hydrogens (tertiary/aromatic N) is 5. The van der Waals surface area contributed by atoms with E-state index in [4.69, 9.17) is 0 Å². The molecule has 1 amide bonds. The molecule has 1 aliphatic rings. The molecule has 0 aliphatic carbocycles. The Morgan fingerprint density at radius 1 is 1.33 bits per heavy atom. The molecule has 4 rings (SSSR count). The Hall–Kier alpha value is -3.15. The number of fused-ring (bicyclic) bond motifs is 1. The van der Waals surface area contributed by atoms with Gasteiger partial charge in [-0.05, 0) is 25.5 Å². The lowest BCUT2D eigenvalue weighted by Gasteiger charge is -2.17. The van der Waals surface area contributed by atoms with Crippen molar-refractivity contribution in [2.45, 2.75) is 31.5 Å². The summed E-state index contributed by atoms with van der Waals surface area (Å²) in [5.74, 6) is -0.174. The Kier molecular flexibility index (Phi) is 5.33. The zero-order valence-electron chi connectivity index (χ0n) is 16.2. The largest absolute Gasteiger partial charge is 0.437 e. The van der Waals surface area contributed by atoms with Crippen molar-refractivity contribution >= 4 is 23.1 Å². The Bertz CT molecular complexity index is 1050. The number of aryl methyl sites for hydroxylation is 1. The highest BCUT2D eigenvalue weighted by Crippen LogP contribution is 2.33. The van der Waals surface area contributed by atoms with Crippen LogP contribution in [0.15, 0.2) is 24.7 Å². The molecule has 12 heteroatoms. The van der Waals surface area contributed by atoms with Crippen LogP contribution < -0.4 is 16.0 Å². The first-order valence-electron chi connectivity index (χ1n) is 9.55. The van der Waals surface area contributed by atoms with E-state index in [1.807, 2.05) is 0 Å². The van der Waals surface area contributed by atoms with Gasteiger partial charge >= 0.3 is 6.18 Å². The van der Waals surface area contributed by atoms with Crippen LogP contribution in [-0.4, -0.2) is 49.4 Å². The van der Waals surface area contributed by atoms with Gasteiger partial charge in [-0.2, -0.15) is 23.4 Å². The maximum atomic E-state index is 13.1. The molecular formula is C18H21F3N8O. The van der Waals surface area contributed by atoms with Crippen molar-refractivity contribution in [1.29, 1.82) is 0 Å². The van der Waals surface area contributed by atoms with Gasteiger partial charge in [0.05, 0.1) is 11.9 Å². The third-order valence-electron chi connectivity index (χ3n) is 4.86. The summed E-state index contributed by atoms with van der Waals surface area (Å²) in [4.78, 5) is 17.1. The number of anilines is 2. The van der Waals surface area contributed by atoms with Gasteiger partial charge in [-0.15, -0.1) is 0 Å². The number of carbonyl (C=O) groups excluding carboxylic acids is 1. The lowest BCUT2D eigenvalue weighted by Crippen LogP contribution is -2.31. The lowest BCUT2D eigenvalue weighted by atomic mass is 10.1. The Balaban J connectivity index is 1.57. The van der Waals surface area contributed by atoms with Gasteiger partial charge in [-0.25, -0.2) is 9.50 Å². The van der Waals surface area contributed by atoms with E-state index >= 15 is 0 Å². The lowest BCUT2D eigenvalue weighted by molar-refractivity contribution is -0.140. The minimum Gasteiger partial charge on any atom is -0.366 e. The van der Waals surface area contributed by atoms with Crippen LogP contribution in [0.5, 0.6) is 0 Å². The number of amides is 1. The fraction of sp³-hybridized carbons (Fsp3) is 0.444. The summed E-state index contributed by atoms with van der Waals surface area (Å²) < 4.78 is 41.8. The van der Waals surface area contributed by atoms with Crippen molar-refractivity contribution in [1.82, 2.24) is 29.7 Å². The molecule has 30 heavy (non-hydrogen) atoms. The third-order valence-corrected chi connectivity index (χ3v) is 4.86. The zero-order valence-corrected chi connectivity index (χ0v) is 16.2. The molecule has 1 aliphatic heterocycles. The molecule has 0 unspecified atom stereocenters. The van der Waals surface area contributed by atoms with Gasteiger partial charge in [0.15, 0.2) is 11.3 Å². The summed E-state index contributed by atoms with van der Waals surface area (Å²) in [6, 6.07) is 1.95. The summed E-state index contributed by atoms with van der Waals surface area (Å²) in [5, 5.41) is 16.4. The van der Waals surface area contributed by atoms with Crippen molar-refractivity contribution in [2.75, 3.05) is 23.7 Å². The summed E-state index contributed by atoms with van der Waals surface area (Å²) >= 11 is 0. The molecular weight excluding hydrogens is 401 g/mol. The highest BCUT2D eigenvalue weighted by Gasteiger charge is 2.37. The second-order valence-electron chi connectivity index (χ2n) is 7.20. The predicted molar refractivity (Wildman–Crippen MR) is 103 cm³/mol. The molecule has 1 fully saturated rings. The van der Waals surface area contributed by atoms with E-state index < -0.39 is 23.5 Å². The number of rotatable bonds is 4. The summed E-state index contributed by atoms with van der Waals surface area (Å²) in [6.07, 6.45) is 2.55. The van der Waals surface area contributed by atoms with Crippen LogP contribution in [0, 0.1) is 0 Å². The fourth-order valence-corrected chi connectivity index (χ4v) is 3.44. The summed E-state index contributed by atoms with van der Waals surface area (Å²) in [5.41, 5.74) is -1.27. The first-order valence-corrected chi connectivity index (χ1v) is 9.55. The zero-order chi connectivity index (χ0) is 21.3. The number of alkyl halides is 3. The summed E-state index contributed by atoms with van der Waals surface area (Å²) in [6.45, 7) is 1.78. The van der Waals surface area contributed by atoms with Gasteiger partial charge in [0.2, 0.25) is 0 Å². The number of hydrogen-bond acceptors (Lipinski definition) is 6. The van der Waals surface area contributed by atoms with Gasteiger partial charge < -0.3 is 16.0 Å². The maximum Gasteiger partial charge on any atom is 0.437 e. The predicted octanol–water partition coefficient (Wildman–Crippen LogP) is 2.29. The van der Waals surface area contributed by atoms with Crippen molar-refractivity contribution in [3.63, 3.8) is 0 Å². The first-order chi connectivity index (χ1) is 14.3. The second-order valence-corrected chi connectivity index (χ2v) is 7.20. The molecule has 0 saturated carbocycles. The Morgan fingerprint density at radius 2 is 2.17 bits per heavy atom. The molecule has 4 heterocycles. The molecule has 9 nitrogen and oxygen atoms in total. The van der Waals surface area contributed by atoms with Gasteiger partial charge in [0.1, 0.15) is 11.4 Å². The van der Waals surface area contributed by atoms with Crippen LogP contribution in [-0.2, 0) is 13.2 Å². The molecule has 0 aromatic carbocycles. The monoisotopic (exact) mass is 422 g/mol. The molecule has 1 atom stereocenters. The van der Waals surface area contributed by atoms with Gasteiger partial charge in [-0.1, -0.05) is 6.42 Å². The highest BCUT2D eigenvalue weighted by atomic mass is 19.4. The van der Waals surface area contributed by atoms with E-state index in [-0.39, 0.29) is 17.3 Å². The molecule has 0 bridgehead atoms. The van der Waals surface area contributed by atoms with E-state index in [9.17, 15) is 18.0 Å². The Labute approximate surface area is 169 Å². The van der Waals surface area contributed by atoms with Crippen LogP contribution in [0.4, 0.5) is 24.7 Å². The Morgan fingerprint density at radius 3 is 2.97 bits per heavy atom. The summed E-state index contributed by atoms with van der Waals surface area (Å²) in [7, 11) is 1.35. The normalized spacial score (nSPS) is 17.7. The van der Waals surface area contributed by atoms with Crippen molar-refractivity contribution in [3.05, 3.63) is 35.9 Å². The minimum atomic E-state index is -4.69. The number of carbonyl (C=O) groups is 1. The number of aromatic nitrogens is 5. The topological polar surface area (TPSA) is 101 Å². The van der Waals surface area contributed by atoms with Crippen LogP contribution in [0.3, 0.4) is 0 Å². The quantitative estimate of drug-likeness (QED) is 0.597. The molecule has 0 radical (unpaired) electrons. The average Bonchev–Trinajstić information content (AvgIpc) is 3.17. The van der Waals surface area contributed by atoms with Crippen LogP contribution in [0.2, 0.25) is 0 Å². The fourth-order valence-electron chi connectivity index (χ4n) is 3.44.